The maximum atomic E-state index is 9.92. The van der Waals surface area contributed by atoms with Crippen molar-refractivity contribution in [2.75, 3.05) is 7.05 Å². The molecule has 1 aliphatic rings. The van der Waals surface area contributed by atoms with Crippen LogP contribution in [-0.2, 0) is 0 Å². The van der Waals surface area contributed by atoms with Crippen LogP contribution in [0.3, 0.4) is 0 Å². The van der Waals surface area contributed by atoms with Gasteiger partial charge in [0, 0.05) is 7.05 Å². The standard InChI is InChI=1S/C14H20N2O/c1-16(13-9-5-6-10-14(13)17)15-11-12-7-3-2-4-8-12/h2-4,7-8,11,13-14,17H,5-6,9-10H2,1H3/b15-11+/t13-,14-/m0/s1. The Labute approximate surface area is 103 Å². The molecule has 0 spiro atoms. The van der Waals surface area contributed by atoms with E-state index in [-0.39, 0.29) is 12.1 Å². The van der Waals surface area contributed by atoms with Crippen molar-refractivity contribution in [1.29, 1.82) is 0 Å². The molecule has 0 radical (unpaired) electrons. The van der Waals surface area contributed by atoms with Gasteiger partial charge in [0.1, 0.15) is 0 Å². The van der Waals surface area contributed by atoms with Gasteiger partial charge in [-0.15, -0.1) is 0 Å². The Morgan fingerprint density at radius 1 is 1.24 bits per heavy atom. The molecule has 0 heterocycles. The van der Waals surface area contributed by atoms with E-state index >= 15 is 0 Å². The monoisotopic (exact) mass is 232 g/mol. The van der Waals surface area contributed by atoms with Gasteiger partial charge >= 0.3 is 0 Å². The zero-order valence-corrected chi connectivity index (χ0v) is 10.3. The lowest BCUT2D eigenvalue weighted by Crippen LogP contribution is -2.40. The number of hydrogen-bond acceptors (Lipinski definition) is 3. The first-order valence-corrected chi connectivity index (χ1v) is 6.27. The summed E-state index contributed by atoms with van der Waals surface area (Å²) in [4.78, 5) is 0. The van der Waals surface area contributed by atoms with E-state index < -0.39 is 0 Å². The molecule has 3 nitrogen and oxygen atoms in total. The van der Waals surface area contributed by atoms with Gasteiger partial charge in [0.25, 0.3) is 0 Å². The first-order valence-electron chi connectivity index (χ1n) is 6.27. The molecule has 0 aromatic heterocycles. The highest BCUT2D eigenvalue weighted by atomic mass is 16.3. The number of benzene rings is 1. The molecule has 1 aromatic rings. The molecular weight excluding hydrogens is 212 g/mol. The normalized spacial score (nSPS) is 25.1. The van der Waals surface area contributed by atoms with Gasteiger partial charge in [-0.3, -0.25) is 5.01 Å². The van der Waals surface area contributed by atoms with Gasteiger partial charge < -0.3 is 5.11 Å². The van der Waals surface area contributed by atoms with Crippen LogP contribution in [0.1, 0.15) is 31.2 Å². The molecule has 2 atom stereocenters. The largest absolute Gasteiger partial charge is 0.391 e. The summed E-state index contributed by atoms with van der Waals surface area (Å²) in [6, 6.07) is 10.2. The second kappa shape index (κ2) is 5.82. The van der Waals surface area contributed by atoms with Crippen molar-refractivity contribution >= 4 is 6.21 Å². The number of likely N-dealkylation sites (N-methyl/N-ethyl adjacent to an activating group) is 1. The SMILES string of the molecule is CN(/N=C/c1ccccc1)[C@H]1CCCC[C@@H]1O. The fourth-order valence-electron chi connectivity index (χ4n) is 2.31. The Bertz CT molecular complexity index is 364. The van der Waals surface area contributed by atoms with Crippen LogP contribution < -0.4 is 0 Å². The minimum absolute atomic E-state index is 0.170. The predicted molar refractivity (Wildman–Crippen MR) is 70.1 cm³/mol. The lowest BCUT2D eigenvalue weighted by Gasteiger charge is -2.33. The van der Waals surface area contributed by atoms with Crippen molar-refractivity contribution in [3.63, 3.8) is 0 Å². The summed E-state index contributed by atoms with van der Waals surface area (Å²) in [7, 11) is 1.94. The highest BCUT2D eigenvalue weighted by Gasteiger charge is 2.25. The van der Waals surface area contributed by atoms with Crippen LogP contribution in [0.5, 0.6) is 0 Å². The third-order valence-electron chi connectivity index (χ3n) is 3.36. The Morgan fingerprint density at radius 3 is 2.65 bits per heavy atom. The Morgan fingerprint density at radius 2 is 1.94 bits per heavy atom. The zero-order chi connectivity index (χ0) is 12.1. The van der Waals surface area contributed by atoms with E-state index in [1.54, 1.807) is 0 Å². The summed E-state index contributed by atoms with van der Waals surface area (Å²) in [5.41, 5.74) is 1.09. The number of hydrazone groups is 1. The predicted octanol–water partition coefficient (Wildman–Crippen LogP) is 2.26. The van der Waals surface area contributed by atoms with E-state index in [1.165, 1.54) is 6.42 Å². The minimum Gasteiger partial charge on any atom is -0.391 e. The van der Waals surface area contributed by atoms with Crippen LogP contribution in [0.25, 0.3) is 0 Å². The highest BCUT2D eigenvalue weighted by molar-refractivity contribution is 5.79. The molecule has 0 aliphatic heterocycles. The molecule has 0 unspecified atom stereocenters. The molecule has 3 heteroatoms. The molecule has 1 fully saturated rings. The number of hydrogen-bond donors (Lipinski definition) is 1. The number of aliphatic hydroxyl groups excluding tert-OH is 1. The van der Waals surface area contributed by atoms with E-state index in [1.807, 2.05) is 48.6 Å². The minimum atomic E-state index is -0.235. The molecule has 0 amide bonds. The second-order valence-electron chi connectivity index (χ2n) is 4.65. The second-order valence-corrected chi connectivity index (χ2v) is 4.65. The van der Waals surface area contributed by atoms with Crippen LogP contribution in [0, 0.1) is 0 Å². The van der Waals surface area contributed by atoms with Crippen LogP contribution in [0.2, 0.25) is 0 Å². The van der Waals surface area contributed by atoms with Crippen LogP contribution in [0.15, 0.2) is 35.4 Å². The summed E-state index contributed by atoms with van der Waals surface area (Å²) < 4.78 is 0. The molecule has 2 rings (SSSR count). The molecule has 92 valence electrons. The van der Waals surface area contributed by atoms with E-state index in [9.17, 15) is 5.11 Å². The van der Waals surface area contributed by atoms with Gasteiger partial charge in [0.15, 0.2) is 0 Å². The third kappa shape index (κ3) is 3.30. The fraction of sp³-hybridized carbons (Fsp3) is 0.500. The maximum Gasteiger partial charge on any atom is 0.0759 e. The summed E-state index contributed by atoms with van der Waals surface area (Å²) >= 11 is 0. The highest BCUT2D eigenvalue weighted by Crippen LogP contribution is 2.22. The summed E-state index contributed by atoms with van der Waals surface area (Å²) in [5, 5.41) is 16.2. The lowest BCUT2D eigenvalue weighted by molar-refractivity contribution is 0.0338. The van der Waals surface area contributed by atoms with Gasteiger partial charge in [-0.2, -0.15) is 5.10 Å². The molecule has 17 heavy (non-hydrogen) atoms. The number of rotatable bonds is 3. The van der Waals surface area contributed by atoms with Gasteiger partial charge in [0.05, 0.1) is 18.4 Å². The molecule has 1 saturated carbocycles. The number of nitrogens with zero attached hydrogens (tertiary/aromatic N) is 2. The van der Waals surface area contributed by atoms with Gasteiger partial charge in [0.2, 0.25) is 0 Å². The smallest absolute Gasteiger partial charge is 0.0759 e. The Kier molecular flexibility index (Phi) is 4.15. The molecule has 1 aromatic carbocycles. The average molecular weight is 232 g/mol. The van der Waals surface area contributed by atoms with Gasteiger partial charge in [-0.1, -0.05) is 43.2 Å². The van der Waals surface area contributed by atoms with Crippen molar-refractivity contribution in [3.05, 3.63) is 35.9 Å². The lowest BCUT2D eigenvalue weighted by atomic mass is 9.92. The van der Waals surface area contributed by atoms with Crippen LogP contribution >= 0.6 is 0 Å². The molecular formula is C14H20N2O. The molecule has 0 saturated heterocycles. The summed E-state index contributed by atoms with van der Waals surface area (Å²) in [6.07, 6.45) is 5.86. The van der Waals surface area contributed by atoms with Crippen molar-refractivity contribution in [2.24, 2.45) is 5.10 Å². The van der Waals surface area contributed by atoms with Gasteiger partial charge in [-0.05, 0) is 18.4 Å². The van der Waals surface area contributed by atoms with Crippen LogP contribution in [-0.4, -0.2) is 35.5 Å². The molecule has 0 bridgehead atoms. The average Bonchev–Trinajstić information content (AvgIpc) is 2.38. The Balaban J connectivity index is 1.96. The summed E-state index contributed by atoms with van der Waals surface area (Å²) in [5.74, 6) is 0. The molecule has 1 N–H and O–H groups in total. The van der Waals surface area contributed by atoms with E-state index in [0.717, 1.165) is 24.8 Å². The van der Waals surface area contributed by atoms with Gasteiger partial charge in [-0.25, -0.2) is 0 Å². The van der Waals surface area contributed by atoms with E-state index in [0.29, 0.717) is 0 Å². The molecule has 1 aliphatic carbocycles. The maximum absolute atomic E-state index is 9.92. The van der Waals surface area contributed by atoms with E-state index in [2.05, 4.69) is 5.10 Å². The first kappa shape index (κ1) is 12.1. The van der Waals surface area contributed by atoms with E-state index in [4.69, 9.17) is 0 Å². The third-order valence-corrected chi connectivity index (χ3v) is 3.36. The quantitative estimate of drug-likeness (QED) is 0.641. The van der Waals surface area contributed by atoms with Crippen molar-refractivity contribution in [1.82, 2.24) is 5.01 Å². The summed E-state index contributed by atoms with van der Waals surface area (Å²) in [6.45, 7) is 0. The fourth-order valence-corrected chi connectivity index (χ4v) is 2.31. The van der Waals surface area contributed by atoms with Crippen molar-refractivity contribution < 1.29 is 5.11 Å². The number of aliphatic hydroxyl groups is 1. The van der Waals surface area contributed by atoms with Crippen molar-refractivity contribution in [2.45, 2.75) is 37.8 Å². The topological polar surface area (TPSA) is 35.8 Å². The van der Waals surface area contributed by atoms with Crippen LogP contribution in [0.4, 0.5) is 0 Å². The van der Waals surface area contributed by atoms with Crippen molar-refractivity contribution in [3.8, 4) is 0 Å². The Hall–Kier alpha value is -1.35. The first-order chi connectivity index (χ1) is 8.27. The zero-order valence-electron chi connectivity index (χ0n) is 10.3.